The maximum Gasteiger partial charge on any atom is 0.270 e. The average Bonchev–Trinajstić information content (AvgIpc) is 3.08. The summed E-state index contributed by atoms with van der Waals surface area (Å²) in [6.07, 6.45) is -0.934. The van der Waals surface area contributed by atoms with Gasteiger partial charge in [0.1, 0.15) is 28.3 Å². The molecule has 0 bridgehead atoms. The molecule has 1 unspecified atom stereocenters. The number of amides is 1. The Balaban J connectivity index is 2.04. The Kier molecular flexibility index (Phi) is 5.91. The Morgan fingerprint density at radius 3 is 2.83 bits per heavy atom. The van der Waals surface area contributed by atoms with Crippen LogP contribution in [-0.4, -0.2) is 36.8 Å². The number of aromatic nitrogens is 1. The first kappa shape index (κ1) is 17.2. The summed E-state index contributed by atoms with van der Waals surface area (Å²) in [4.78, 5) is 16.1. The number of methoxy groups -OCH3 is 2. The Morgan fingerprint density at radius 1 is 1.43 bits per heavy atom. The van der Waals surface area contributed by atoms with Gasteiger partial charge in [-0.2, -0.15) is 0 Å². The van der Waals surface area contributed by atoms with Gasteiger partial charge < -0.3 is 25.6 Å². The number of carbonyl (C=O) groups is 1. The number of nitrogens with two attached hydrogens (primary N) is 1. The van der Waals surface area contributed by atoms with Crippen molar-refractivity contribution >= 4 is 17.2 Å². The van der Waals surface area contributed by atoms with Crippen molar-refractivity contribution in [2.45, 2.75) is 12.6 Å². The van der Waals surface area contributed by atoms with E-state index in [-0.39, 0.29) is 12.5 Å². The van der Waals surface area contributed by atoms with Crippen LogP contribution in [-0.2, 0) is 6.54 Å². The number of hydrogen-bond donors (Lipinski definition) is 3. The van der Waals surface area contributed by atoms with E-state index in [0.717, 1.165) is 0 Å². The lowest BCUT2D eigenvalue weighted by Crippen LogP contribution is -2.28. The molecule has 124 valence electrons. The summed E-state index contributed by atoms with van der Waals surface area (Å²) < 4.78 is 10.4. The molecule has 0 radical (unpaired) electrons. The third-order valence-corrected chi connectivity index (χ3v) is 4.08. The molecule has 1 amide bonds. The van der Waals surface area contributed by atoms with E-state index < -0.39 is 6.10 Å². The number of thiazole rings is 1. The molecule has 0 aliphatic heterocycles. The van der Waals surface area contributed by atoms with Crippen LogP contribution in [0.5, 0.6) is 11.5 Å². The number of aliphatic hydroxyl groups is 1. The number of nitrogens with one attached hydrogen (secondary N) is 1. The molecule has 2 rings (SSSR count). The van der Waals surface area contributed by atoms with Crippen LogP contribution in [0.4, 0.5) is 0 Å². The molecule has 8 heteroatoms. The number of aliphatic hydroxyl groups excluding tert-OH is 1. The van der Waals surface area contributed by atoms with Crippen LogP contribution < -0.4 is 20.5 Å². The number of hydrogen-bond acceptors (Lipinski definition) is 7. The van der Waals surface area contributed by atoms with Gasteiger partial charge in [-0.05, 0) is 18.2 Å². The minimum Gasteiger partial charge on any atom is -0.497 e. The van der Waals surface area contributed by atoms with E-state index in [2.05, 4.69) is 10.3 Å². The molecule has 1 aromatic carbocycles. The van der Waals surface area contributed by atoms with Crippen molar-refractivity contribution in [2.24, 2.45) is 5.73 Å². The fourth-order valence-electron chi connectivity index (χ4n) is 2.00. The summed E-state index contributed by atoms with van der Waals surface area (Å²) in [6.45, 7) is 0.319. The Bertz CT molecular complexity index is 674. The van der Waals surface area contributed by atoms with Crippen LogP contribution in [0.3, 0.4) is 0 Å². The molecule has 1 aromatic heterocycles. The average molecular weight is 337 g/mol. The van der Waals surface area contributed by atoms with Gasteiger partial charge in [0.05, 0.1) is 14.2 Å². The molecule has 0 aliphatic carbocycles. The molecule has 2 aromatic rings. The maximum absolute atomic E-state index is 12.0. The first-order chi connectivity index (χ1) is 11.1. The monoisotopic (exact) mass is 337 g/mol. The van der Waals surface area contributed by atoms with Crippen molar-refractivity contribution in [1.82, 2.24) is 10.3 Å². The van der Waals surface area contributed by atoms with E-state index in [1.807, 2.05) is 0 Å². The van der Waals surface area contributed by atoms with E-state index >= 15 is 0 Å². The molecule has 7 nitrogen and oxygen atoms in total. The van der Waals surface area contributed by atoms with Crippen LogP contribution in [0.2, 0.25) is 0 Å². The lowest BCUT2D eigenvalue weighted by atomic mass is 10.1. The van der Waals surface area contributed by atoms with Gasteiger partial charge in [0, 0.05) is 24.0 Å². The summed E-state index contributed by atoms with van der Waals surface area (Å²) >= 11 is 1.32. The number of nitrogens with zero attached hydrogens (tertiary/aromatic N) is 1. The highest BCUT2D eigenvalue weighted by molar-refractivity contribution is 7.09. The predicted molar refractivity (Wildman–Crippen MR) is 86.8 cm³/mol. The highest BCUT2D eigenvalue weighted by Crippen LogP contribution is 2.29. The molecule has 0 saturated carbocycles. The fourth-order valence-corrected chi connectivity index (χ4v) is 2.65. The predicted octanol–water partition coefficient (Wildman–Crippen LogP) is 1.08. The van der Waals surface area contributed by atoms with Gasteiger partial charge >= 0.3 is 0 Å². The second-order valence-electron chi connectivity index (χ2n) is 4.66. The highest BCUT2D eigenvalue weighted by atomic mass is 32.1. The maximum atomic E-state index is 12.0. The van der Waals surface area contributed by atoms with Gasteiger partial charge in [-0.3, -0.25) is 4.79 Å². The van der Waals surface area contributed by atoms with Crippen LogP contribution in [0.15, 0.2) is 23.6 Å². The van der Waals surface area contributed by atoms with Crippen molar-refractivity contribution in [3.8, 4) is 11.5 Å². The topological polar surface area (TPSA) is 107 Å². The second-order valence-corrected chi connectivity index (χ2v) is 5.61. The van der Waals surface area contributed by atoms with Crippen molar-refractivity contribution < 1.29 is 19.4 Å². The van der Waals surface area contributed by atoms with Gasteiger partial charge in [0.25, 0.3) is 5.91 Å². The zero-order valence-corrected chi connectivity index (χ0v) is 13.7. The lowest BCUT2D eigenvalue weighted by molar-refractivity contribution is 0.0910. The van der Waals surface area contributed by atoms with Crippen molar-refractivity contribution in [3.05, 3.63) is 39.8 Å². The lowest BCUT2D eigenvalue weighted by Gasteiger charge is -2.16. The van der Waals surface area contributed by atoms with E-state index in [1.54, 1.807) is 23.6 Å². The van der Waals surface area contributed by atoms with E-state index in [1.165, 1.54) is 25.6 Å². The Hall–Kier alpha value is -2.16. The van der Waals surface area contributed by atoms with Crippen molar-refractivity contribution in [1.29, 1.82) is 0 Å². The summed E-state index contributed by atoms with van der Waals surface area (Å²) in [5.74, 6) is 0.756. The number of benzene rings is 1. The summed E-state index contributed by atoms with van der Waals surface area (Å²) in [6, 6.07) is 5.11. The van der Waals surface area contributed by atoms with Crippen LogP contribution in [0.1, 0.15) is 27.2 Å². The quantitative estimate of drug-likeness (QED) is 0.698. The molecular weight excluding hydrogens is 318 g/mol. The zero-order valence-electron chi connectivity index (χ0n) is 12.9. The van der Waals surface area contributed by atoms with Crippen LogP contribution >= 0.6 is 11.3 Å². The minimum atomic E-state index is -0.934. The zero-order chi connectivity index (χ0) is 16.8. The van der Waals surface area contributed by atoms with Crippen molar-refractivity contribution in [2.75, 3.05) is 20.8 Å². The molecule has 0 fully saturated rings. The number of rotatable bonds is 7. The molecule has 0 aliphatic rings. The van der Waals surface area contributed by atoms with Gasteiger partial charge in [0.15, 0.2) is 0 Å². The Morgan fingerprint density at radius 2 is 2.22 bits per heavy atom. The standard InChI is InChI=1S/C15H19N3O4S/c1-21-9-3-4-13(22-2)10(5-9)12(19)7-17-15(20)11-8-23-14(6-16)18-11/h3-5,8,12,19H,6-7,16H2,1-2H3,(H,17,20). The van der Waals surface area contributed by atoms with Crippen molar-refractivity contribution in [3.63, 3.8) is 0 Å². The van der Waals surface area contributed by atoms with Gasteiger partial charge in [-0.1, -0.05) is 0 Å². The van der Waals surface area contributed by atoms with E-state index in [9.17, 15) is 9.90 Å². The van der Waals surface area contributed by atoms with Crippen LogP contribution in [0, 0.1) is 0 Å². The van der Waals surface area contributed by atoms with Gasteiger partial charge in [-0.25, -0.2) is 4.98 Å². The molecular formula is C15H19N3O4S. The molecule has 1 atom stereocenters. The summed E-state index contributed by atoms with van der Waals surface area (Å²) in [5.41, 5.74) is 6.30. The summed E-state index contributed by atoms with van der Waals surface area (Å²) in [5, 5.41) is 15.3. The number of ether oxygens (including phenoxy) is 2. The molecule has 4 N–H and O–H groups in total. The SMILES string of the molecule is COc1ccc(OC)c(C(O)CNC(=O)c2csc(CN)n2)c1. The third-order valence-electron chi connectivity index (χ3n) is 3.21. The summed E-state index contributed by atoms with van der Waals surface area (Å²) in [7, 11) is 3.05. The largest absolute Gasteiger partial charge is 0.497 e. The molecule has 0 saturated heterocycles. The Labute approximate surface area is 138 Å². The second kappa shape index (κ2) is 7.91. The molecule has 0 spiro atoms. The van der Waals surface area contributed by atoms with Crippen LogP contribution in [0.25, 0.3) is 0 Å². The minimum absolute atomic E-state index is 0.0256. The third kappa shape index (κ3) is 4.19. The first-order valence-corrected chi connectivity index (χ1v) is 7.79. The molecule has 23 heavy (non-hydrogen) atoms. The highest BCUT2D eigenvalue weighted by Gasteiger charge is 2.17. The van der Waals surface area contributed by atoms with Gasteiger partial charge in [0.2, 0.25) is 0 Å². The van der Waals surface area contributed by atoms with E-state index in [0.29, 0.717) is 34.3 Å². The number of carbonyl (C=O) groups excluding carboxylic acids is 1. The van der Waals surface area contributed by atoms with Gasteiger partial charge in [-0.15, -0.1) is 11.3 Å². The smallest absolute Gasteiger partial charge is 0.270 e. The fraction of sp³-hybridized carbons (Fsp3) is 0.333. The first-order valence-electron chi connectivity index (χ1n) is 6.91. The normalized spacial score (nSPS) is 11.8. The van der Waals surface area contributed by atoms with E-state index in [4.69, 9.17) is 15.2 Å². The molecule has 1 heterocycles.